The van der Waals surface area contributed by atoms with Gasteiger partial charge in [0.1, 0.15) is 0 Å². The number of nitrogens with one attached hydrogen (secondary N) is 1. The number of aliphatic hydroxyl groups excluding tert-OH is 1. The maximum Gasteiger partial charge on any atom is 0.188 e. The lowest BCUT2D eigenvalue weighted by atomic mass is 9.46. The Morgan fingerprint density at radius 3 is 2.64 bits per heavy atom. The lowest BCUT2D eigenvalue weighted by Gasteiger charge is -2.58. The molecule has 5 saturated carbocycles. The Kier molecular flexibility index (Phi) is 11.3. The van der Waals surface area contributed by atoms with Gasteiger partial charge in [-0.2, -0.15) is 0 Å². The van der Waals surface area contributed by atoms with E-state index in [1.807, 2.05) is 12.5 Å². The number of aryl methyl sites for hydroxylation is 2. The number of aliphatic hydroxyl groups is 2. The van der Waals surface area contributed by atoms with Crippen molar-refractivity contribution < 1.29 is 19.4 Å². The van der Waals surface area contributed by atoms with Crippen molar-refractivity contribution >= 4 is 16.7 Å². The van der Waals surface area contributed by atoms with E-state index in [-0.39, 0.29) is 23.2 Å². The Hall–Kier alpha value is -3.13. The highest BCUT2D eigenvalue weighted by Gasteiger charge is 2.67. The van der Waals surface area contributed by atoms with E-state index in [1.54, 1.807) is 0 Å². The first kappa shape index (κ1) is 41.9. The number of ether oxygens (including phenoxy) is 1. The van der Waals surface area contributed by atoms with Gasteiger partial charge in [-0.05, 0) is 187 Å². The van der Waals surface area contributed by atoms with Gasteiger partial charge in [0.15, 0.2) is 5.96 Å². The van der Waals surface area contributed by atoms with E-state index in [4.69, 9.17) is 26.5 Å². The van der Waals surface area contributed by atoms with Crippen LogP contribution >= 0.6 is 0 Å². The van der Waals surface area contributed by atoms with Crippen molar-refractivity contribution in [1.82, 2.24) is 5.32 Å². The highest BCUT2D eigenvalue weighted by molar-refractivity contribution is 5.86. The number of nitrogens with two attached hydrogens (primary N) is 1. The van der Waals surface area contributed by atoms with Gasteiger partial charge in [0.25, 0.3) is 0 Å². The van der Waals surface area contributed by atoms with Gasteiger partial charge in [-0.3, -0.25) is 4.99 Å². The predicted octanol–water partition coefficient (Wildman–Crippen LogP) is 10.9. The number of epoxide rings is 1. The van der Waals surface area contributed by atoms with Crippen LogP contribution in [0.15, 0.2) is 76.6 Å². The quantitative estimate of drug-likeness (QED) is 0.0532. The highest BCUT2D eigenvalue weighted by Crippen LogP contribution is 2.69. The molecule has 7 aliphatic rings. The highest BCUT2D eigenvalue weighted by atomic mass is 16.6. The summed E-state index contributed by atoms with van der Waals surface area (Å²) in [4.78, 5) is 5.11. The van der Waals surface area contributed by atoms with E-state index in [2.05, 4.69) is 61.6 Å². The predicted molar refractivity (Wildman–Crippen MR) is 245 cm³/mol. The summed E-state index contributed by atoms with van der Waals surface area (Å²) >= 11 is 0. The molecule has 7 nitrogen and oxygen atoms in total. The van der Waals surface area contributed by atoms with Crippen molar-refractivity contribution in [1.29, 1.82) is 0 Å². The number of guanidine groups is 1. The summed E-state index contributed by atoms with van der Waals surface area (Å²) in [7, 11) is 0. The largest absolute Gasteiger partial charge is 0.471 e. The molecule has 0 radical (unpaired) electrons. The Morgan fingerprint density at radius 2 is 1.79 bits per heavy atom. The summed E-state index contributed by atoms with van der Waals surface area (Å²) in [6, 6.07) is 15.7. The van der Waals surface area contributed by atoms with E-state index < -0.39 is 5.60 Å². The van der Waals surface area contributed by atoms with E-state index in [0.717, 1.165) is 83.1 Å². The van der Waals surface area contributed by atoms with Crippen molar-refractivity contribution in [3.8, 4) is 0 Å². The van der Waals surface area contributed by atoms with Gasteiger partial charge in [-0.1, -0.05) is 61.5 Å². The fraction of sp³-hybridized carbons (Fsp3) is 0.685. The maximum absolute atomic E-state index is 11.3. The molecule has 1 aliphatic heterocycles. The molecule has 1 saturated heterocycles. The second-order valence-corrected chi connectivity index (χ2v) is 22.5. The third kappa shape index (κ3) is 8.16. The molecule has 1 spiro atoms. The molecule has 7 heteroatoms. The number of furan rings is 1. The number of hydrogen-bond donors (Lipinski definition) is 4. The second-order valence-electron chi connectivity index (χ2n) is 22.5. The standard InChI is InChI=1S/C54H75N3O4/c1-35-28-53(25-20-37(29-53)21-26-54(59)23-8-12-42(58)30-54)49-52(3,61-49)24-22-46-44(35)31-51(46,2)41-18-14-38(27-41)32-56-50(55)57-47-13-7-11-39-16-17-40-33-60-34-45(40)48(39)43(47)19-15-36-9-5-4-6-10-36/h4-6,9-10,16-17,33-34,37-38,41-44,46-47,49,58-59H,1,7-8,11-15,18-32H2,2-3H3,(H3,55,56,57)/t37-,38+,41+,42+,43-,44-,46+,47-,49-,51-,52-,53-,54-/m1/s1. The molecule has 6 fully saturated rings. The number of benzene rings is 2. The van der Waals surface area contributed by atoms with Gasteiger partial charge in [0, 0.05) is 41.1 Å². The van der Waals surface area contributed by atoms with E-state index in [9.17, 15) is 10.2 Å². The Morgan fingerprint density at radius 1 is 0.918 bits per heavy atom. The molecule has 10 rings (SSSR count). The van der Waals surface area contributed by atoms with Crippen LogP contribution in [0.3, 0.4) is 0 Å². The summed E-state index contributed by atoms with van der Waals surface area (Å²) in [6.45, 7) is 10.8. The van der Waals surface area contributed by atoms with Crippen LogP contribution in [-0.4, -0.2) is 52.2 Å². The number of hydrogen-bond acceptors (Lipinski definition) is 5. The molecule has 61 heavy (non-hydrogen) atoms. The first-order valence-corrected chi connectivity index (χ1v) is 24.8. The average molecular weight is 830 g/mol. The first-order chi connectivity index (χ1) is 29.4. The molecule has 0 bridgehead atoms. The molecule has 0 unspecified atom stereocenters. The molecular formula is C54H75N3O4. The van der Waals surface area contributed by atoms with Crippen LogP contribution in [0, 0.1) is 40.4 Å². The van der Waals surface area contributed by atoms with Gasteiger partial charge < -0.3 is 30.4 Å². The molecular weight excluding hydrogens is 755 g/mol. The fourth-order valence-corrected chi connectivity index (χ4v) is 15.2. The molecule has 2 aromatic carbocycles. The zero-order valence-corrected chi connectivity index (χ0v) is 37.4. The molecule has 6 aliphatic carbocycles. The third-order valence-electron chi connectivity index (χ3n) is 18.6. The topological polar surface area (TPSA) is 117 Å². The average Bonchev–Trinajstić information content (AvgIpc) is 3.62. The van der Waals surface area contributed by atoms with Crippen LogP contribution < -0.4 is 11.1 Å². The van der Waals surface area contributed by atoms with Crippen molar-refractivity contribution in [2.24, 2.45) is 51.1 Å². The van der Waals surface area contributed by atoms with Crippen LogP contribution in [0.2, 0.25) is 0 Å². The smallest absolute Gasteiger partial charge is 0.188 e. The first-order valence-electron chi connectivity index (χ1n) is 24.8. The van der Waals surface area contributed by atoms with Gasteiger partial charge in [-0.25, -0.2) is 0 Å². The van der Waals surface area contributed by atoms with Gasteiger partial charge in [0.05, 0.1) is 35.9 Å². The third-order valence-corrected chi connectivity index (χ3v) is 18.6. The number of nitrogens with zero attached hydrogens (tertiary/aromatic N) is 1. The molecule has 3 aromatic rings. The maximum atomic E-state index is 11.3. The number of fused-ring (bicyclic) bond motifs is 6. The summed E-state index contributed by atoms with van der Waals surface area (Å²) in [5, 5.41) is 27.8. The van der Waals surface area contributed by atoms with E-state index in [0.29, 0.717) is 53.5 Å². The lowest BCUT2D eigenvalue weighted by molar-refractivity contribution is -0.0693. The van der Waals surface area contributed by atoms with Gasteiger partial charge in [-0.15, -0.1) is 0 Å². The zero-order chi connectivity index (χ0) is 42.0. The van der Waals surface area contributed by atoms with Crippen LogP contribution in [0.4, 0.5) is 0 Å². The molecule has 13 atom stereocenters. The second kappa shape index (κ2) is 16.5. The molecule has 330 valence electrons. The van der Waals surface area contributed by atoms with E-state index in [1.165, 1.54) is 90.8 Å². The number of allylic oxidation sites excluding steroid dienone is 1. The summed E-state index contributed by atoms with van der Waals surface area (Å²) in [6.07, 6.45) is 26.6. The van der Waals surface area contributed by atoms with Crippen molar-refractivity contribution in [2.45, 2.75) is 184 Å². The van der Waals surface area contributed by atoms with Crippen molar-refractivity contribution in [3.63, 3.8) is 0 Å². The van der Waals surface area contributed by atoms with Crippen molar-refractivity contribution in [2.75, 3.05) is 6.54 Å². The summed E-state index contributed by atoms with van der Waals surface area (Å²) in [5.74, 6) is 4.19. The minimum absolute atomic E-state index is 0.00575. The Bertz CT molecular complexity index is 2080. The van der Waals surface area contributed by atoms with E-state index >= 15 is 0 Å². The Labute approximate surface area is 365 Å². The zero-order valence-electron chi connectivity index (χ0n) is 37.4. The van der Waals surface area contributed by atoms with Gasteiger partial charge in [0.2, 0.25) is 0 Å². The minimum atomic E-state index is -0.679. The minimum Gasteiger partial charge on any atom is -0.471 e. The molecule has 1 aromatic heterocycles. The SMILES string of the molecule is C=C1C[C@@]2(CC[C@H](CC[C@]3(O)CCC[C@H](O)C3)C2)[C@@H]2O[C@]2(C)CC[C@H]2[C@@H]1C[C@]2(C)[C@H]1CC[C@H](CN=C(N)N[C@@H]2CCCc3ccc4cocc4c3[C@@H]2CCc2ccccc2)C1. The normalized spacial score (nSPS) is 41.2. The monoisotopic (exact) mass is 830 g/mol. The van der Waals surface area contributed by atoms with Crippen molar-refractivity contribution in [3.05, 3.63) is 83.8 Å². The lowest BCUT2D eigenvalue weighted by Crippen LogP contribution is -2.51. The van der Waals surface area contributed by atoms with Gasteiger partial charge >= 0.3 is 0 Å². The number of rotatable bonds is 10. The summed E-state index contributed by atoms with van der Waals surface area (Å²) in [5.41, 5.74) is 12.5. The molecule has 5 N–H and O–H groups in total. The van der Waals surface area contributed by atoms with Crippen LogP contribution in [0.25, 0.3) is 10.8 Å². The fourth-order valence-electron chi connectivity index (χ4n) is 15.2. The van der Waals surface area contributed by atoms with Crippen LogP contribution in [0.1, 0.15) is 158 Å². The Balaban J connectivity index is 0.769. The number of aliphatic imine (C=N–C) groups is 1. The van der Waals surface area contributed by atoms with Crippen LogP contribution in [0.5, 0.6) is 0 Å². The molecule has 2 heterocycles. The van der Waals surface area contributed by atoms with Crippen LogP contribution in [-0.2, 0) is 17.6 Å². The summed E-state index contributed by atoms with van der Waals surface area (Å²) < 4.78 is 12.6. The molecule has 0 amide bonds.